The molecule has 0 unspecified atom stereocenters. The second-order valence-electron chi connectivity index (χ2n) is 6.22. The molecule has 1 saturated heterocycles. The minimum absolute atomic E-state index is 0.0906. The van der Waals surface area contributed by atoms with Gasteiger partial charge >= 0.3 is 0 Å². The molecule has 0 spiro atoms. The van der Waals surface area contributed by atoms with E-state index in [1.807, 2.05) is 22.0 Å². The fraction of sp³-hybridized carbons (Fsp3) is 0.471. The van der Waals surface area contributed by atoms with Crippen molar-refractivity contribution in [1.82, 2.24) is 9.88 Å². The standard InChI is InChI=1S/C17H21N3O3S2/c1-10-7-20(8-11(2)25-10)15(21)6-13-9-24-17(18-13)19-16(22)14-4-5-23-12(14)3/h4-5,9-11H,6-8H2,1-3H3,(H,18,19,22)/t10-,11+. The van der Waals surface area contributed by atoms with Gasteiger partial charge in [-0.1, -0.05) is 13.8 Å². The van der Waals surface area contributed by atoms with E-state index in [1.54, 1.807) is 13.0 Å². The first-order valence-corrected chi connectivity index (χ1v) is 9.97. The molecule has 3 rings (SSSR count). The summed E-state index contributed by atoms with van der Waals surface area (Å²) in [5, 5.41) is 5.97. The Morgan fingerprint density at radius 1 is 1.36 bits per heavy atom. The predicted octanol–water partition coefficient (Wildman–Crippen LogP) is 3.19. The van der Waals surface area contributed by atoms with Crippen molar-refractivity contribution in [2.24, 2.45) is 0 Å². The van der Waals surface area contributed by atoms with E-state index in [9.17, 15) is 9.59 Å². The number of thiazole rings is 1. The number of hydrogen-bond donors (Lipinski definition) is 1. The van der Waals surface area contributed by atoms with Crippen LogP contribution in [-0.2, 0) is 11.2 Å². The van der Waals surface area contributed by atoms with Crippen LogP contribution in [0.5, 0.6) is 0 Å². The Hall–Kier alpha value is -1.80. The van der Waals surface area contributed by atoms with Crippen molar-refractivity contribution in [2.75, 3.05) is 18.4 Å². The fourth-order valence-corrected chi connectivity index (χ4v) is 4.91. The molecule has 0 radical (unpaired) electrons. The van der Waals surface area contributed by atoms with Gasteiger partial charge in [-0.3, -0.25) is 14.9 Å². The van der Waals surface area contributed by atoms with Crippen LogP contribution in [0.1, 0.15) is 35.7 Å². The van der Waals surface area contributed by atoms with E-state index in [4.69, 9.17) is 4.42 Å². The number of rotatable bonds is 4. The van der Waals surface area contributed by atoms with Gasteiger partial charge in [0.15, 0.2) is 5.13 Å². The SMILES string of the molecule is Cc1occc1C(=O)Nc1nc(CC(=O)N2C[C@@H](C)S[C@@H](C)C2)cs1. The molecule has 1 N–H and O–H groups in total. The van der Waals surface area contributed by atoms with Crippen molar-refractivity contribution >= 4 is 40.0 Å². The Kier molecular flexibility index (Phi) is 5.48. The number of thioether (sulfide) groups is 1. The molecule has 2 aromatic rings. The first kappa shape index (κ1) is 18.0. The lowest BCUT2D eigenvalue weighted by atomic mass is 10.2. The van der Waals surface area contributed by atoms with Gasteiger partial charge in [0.05, 0.1) is 23.9 Å². The van der Waals surface area contributed by atoms with Gasteiger partial charge in [0, 0.05) is 29.0 Å². The minimum atomic E-state index is -0.255. The second-order valence-corrected chi connectivity index (χ2v) is 8.96. The van der Waals surface area contributed by atoms with Gasteiger partial charge in [0.1, 0.15) is 5.76 Å². The zero-order chi connectivity index (χ0) is 18.0. The van der Waals surface area contributed by atoms with Crippen molar-refractivity contribution in [3.63, 3.8) is 0 Å². The van der Waals surface area contributed by atoms with E-state index in [-0.39, 0.29) is 18.2 Å². The fourth-order valence-electron chi connectivity index (χ4n) is 2.88. The molecule has 6 nitrogen and oxygen atoms in total. The van der Waals surface area contributed by atoms with E-state index < -0.39 is 0 Å². The number of hydrogen-bond acceptors (Lipinski definition) is 6. The topological polar surface area (TPSA) is 75.4 Å². The second kappa shape index (κ2) is 7.61. The highest BCUT2D eigenvalue weighted by molar-refractivity contribution is 8.00. The summed E-state index contributed by atoms with van der Waals surface area (Å²) in [5.41, 5.74) is 1.18. The molecule has 2 aromatic heterocycles. The first-order chi connectivity index (χ1) is 11.9. The molecule has 3 heterocycles. The molecule has 0 saturated carbocycles. The number of nitrogens with one attached hydrogen (secondary N) is 1. The van der Waals surface area contributed by atoms with Crippen LogP contribution in [0.2, 0.25) is 0 Å². The first-order valence-electron chi connectivity index (χ1n) is 8.15. The highest BCUT2D eigenvalue weighted by Crippen LogP contribution is 2.25. The molecule has 0 aliphatic carbocycles. The molecule has 0 bridgehead atoms. The number of aromatic nitrogens is 1. The largest absolute Gasteiger partial charge is 0.469 e. The predicted molar refractivity (Wildman–Crippen MR) is 100 cm³/mol. The van der Waals surface area contributed by atoms with Crippen LogP contribution in [0, 0.1) is 6.92 Å². The third-order valence-corrected chi connectivity index (χ3v) is 6.01. The smallest absolute Gasteiger partial charge is 0.260 e. The number of nitrogens with zero attached hydrogens (tertiary/aromatic N) is 2. The summed E-state index contributed by atoms with van der Waals surface area (Å²) < 4.78 is 5.14. The van der Waals surface area contributed by atoms with E-state index in [1.165, 1.54) is 17.6 Å². The van der Waals surface area contributed by atoms with Gasteiger partial charge in [0.2, 0.25) is 5.91 Å². The Morgan fingerprint density at radius 3 is 2.72 bits per heavy atom. The molecular formula is C17H21N3O3S2. The van der Waals surface area contributed by atoms with E-state index in [0.29, 0.717) is 32.6 Å². The number of carbonyl (C=O) groups is 2. The van der Waals surface area contributed by atoms with Gasteiger partial charge < -0.3 is 9.32 Å². The molecule has 8 heteroatoms. The summed E-state index contributed by atoms with van der Waals surface area (Å²) in [6.07, 6.45) is 1.75. The number of anilines is 1. The van der Waals surface area contributed by atoms with Crippen molar-refractivity contribution in [3.05, 3.63) is 34.7 Å². The molecule has 0 aromatic carbocycles. The summed E-state index contributed by atoms with van der Waals surface area (Å²) in [6.45, 7) is 7.59. The maximum Gasteiger partial charge on any atom is 0.260 e. The van der Waals surface area contributed by atoms with Gasteiger partial charge in [0.25, 0.3) is 5.91 Å². The molecule has 1 aliphatic rings. The van der Waals surface area contributed by atoms with Crippen molar-refractivity contribution < 1.29 is 14.0 Å². The molecule has 2 atom stereocenters. The van der Waals surface area contributed by atoms with E-state index in [2.05, 4.69) is 24.1 Å². The van der Waals surface area contributed by atoms with Crippen LogP contribution < -0.4 is 5.32 Å². The van der Waals surface area contributed by atoms with Crippen LogP contribution in [0.25, 0.3) is 0 Å². The number of amides is 2. The van der Waals surface area contributed by atoms with Crippen LogP contribution in [0.15, 0.2) is 22.1 Å². The average molecular weight is 380 g/mol. The summed E-state index contributed by atoms with van der Waals surface area (Å²) in [4.78, 5) is 30.9. The van der Waals surface area contributed by atoms with Gasteiger partial charge in [-0.2, -0.15) is 11.8 Å². The third kappa shape index (κ3) is 4.43. The highest BCUT2D eigenvalue weighted by atomic mass is 32.2. The summed E-state index contributed by atoms with van der Waals surface area (Å²) >= 11 is 3.24. The Morgan fingerprint density at radius 2 is 2.08 bits per heavy atom. The van der Waals surface area contributed by atoms with Crippen LogP contribution >= 0.6 is 23.1 Å². The van der Waals surface area contributed by atoms with Gasteiger partial charge in [-0.25, -0.2) is 4.98 Å². The number of carbonyl (C=O) groups excluding carboxylic acids is 2. The molecular weight excluding hydrogens is 358 g/mol. The Balaban J connectivity index is 1.59. The van der Waals surface area contributed by atoms with Gasteiger partial charge in [-0.05, 0) is 13.0 Å². The summed E-state index contributed by atoms with van der Waals surface area (Å²) in [6, 6.07) is 1.62. The molecule has 134 valence electrons. The highest BCUT2D eigenvalue weighted by Gasteiger charge is 2.26. The summed E-state index contributed by atoms with van der Waals surface area (Å²) in [5.74, 6) is 0.401. The lowest BCUT2D eigenvalue weighted by molar-refractivity contribution is -0.130. The maximum atomic E-state index is 12.5. The van der Waals surface area contributed by atoms with Crippen LogP contribution in [-0.4, -0.2) is 45.3 Å². The Labute approximate surface area is 155 Å². The summed E-state index contributed by atoms with van der Waals surface area (Å²) in [7, 11) is 0. The molecule has 25 heavy (non-hydrogen) atoms. The lowest BCUT2D eigenvalue weighted by Crippen LogP contribution is -2.44. The molecule has 1 fully saturated rings. The van der Waals surface area contributed by atoms with Gasteiger partial charge in [-0.15, -0.1) is 11.3 Å². The average Bonchev–Trinajstić information content (AvgIpc) is 3.15. The van der Waals surface area contributed by atoms with Crippen molar-refractivity contribution in [3.8, 4) is 0 Å². The third-order valence-electron chi connectivity index (χ3n) is 3.98. The number of aryl methyl sites for hydroxylation is 1. The van der Waals surface area contributed by atoms with E-state index in [0.717, 1.165) is 13.1 Å². The van der Waals surface area contributed by atoms with Crippen molar-refractivity contribution in [1.29, 1.82) is 0 Å². The Bertz CT molecular complexity index is 761. The minimum Gasteiger partial charge on any atom is -0.469 e. The normalized spacial score (nSPS) is 20.5. The quantitative estimate of drug-likeness (QED) is 0.883. The molecule has 1 aliphatic heterocycles. The zero-order valence-electron chi connectivity index (χ0n) is 14.4. The maximum absolute atomic E-state index is 12.5. The van der Waals surface area contributed by atoms with Crippen LogP contribution in [0.4, 0.5) is 5.13 Å². The van der Waals surface area contributed by atoms with E-state index >= 15 is 0 Å². The monoisotopic (exact) mass is 379 g/mol. The number of furan rings is 1. The lowest BCUT2D eigenvalue weighted by Gasteiger charge is -2.34. The van der Waals surface area contributed by atoms with Crippen molar-refractivity contribution in [2.45, 2.75) is 37.7 Å². The van der Waals surface area contributed by atoms with Crippen LogP contribution in [0.3, 0.4) is 0 Å². The molecule has 2 amide bonds. The zero-order valence-corrected chi connectivity index (χ0v) is 16.1.